The van der Waals surface area contributed by atoms with Crippen LogP contribution in [0.15, 0.2) is 54.6 Å². The number of amides is 1. The van der Waals surface area contributed by atoms with E-state index in [0.29, 0.717) is 18.2 Å². The van der Waals surface area contributed by atoms with Crippen LogP contribution < -0.4 is 10.1 Å². The summed E-state index contributed by atoms with van der Waals surface area (Å²) < 4.78 is 5.75. The zero-order valence-electron chi connectivity index (χ0n) is 13.8. The van der Waals surface area contributed by atoms with Gasteiger partial charge in [-0.05, 0) is 43.3 Å². The van der Waals surface area contributed by atoms with Crippen molar-refractivity contribution >= 4 is 18.3 Å². The number of ether oxygens (including phenoxy) is 1. The van der Waals surface area contributed by atoms with Gasteiger partial charge >= 0.3 is 0 Å². The number of benzene rings is 2. The lowest BCUT2D eigenvalue weighted by molar-refractivity contribution is 0.0789. The minimum Gasteiger partial charge on any atom is -0.489 e. The largest absolute Gasteiger partial charge is 0.489 e. The Balaban J connectivity index is 0.00000208. The lowest BCUT2D eigenvalue weighted by Crippen LogP contribution is -2.33. The van der Waals surface area contributed by atoms with Gasteiger partial charge in [-0.3, -0.25) is 4.79 Å². The van der Waals surface area contributed by atoms with Crippen LogP contribution in [0.1, 0.15) is 22.3 Å². The number of nitrogens with zero attached hydrogens (tertiary/aromatic N) is 1. The van der Waals surface area contributed by atoms with Gasteiger partial charge in [0.2, 0.25) is 0 Å². The summed E-state index contributed by atoms with van der Waals surface area (Å²) in [5.41, 5.74) is 1.84. The number of carbonyl (C=O) groups is 1. The molecule has 0 saturated carbocycles. The van der Waals surface area contributed by atoms with Crippen molar-refractivity contribution in [2.24, 2.45) is 0 Å². The predicted molar refractivity (Wildman–Crippen MR) is 97.8 cm³/mol. The minimum absolute atomic E-state index is 0. The molecule has 0 bridgehead atoms. The molecular weight excluding hydrogens is 324 g/mol. The van der Waals surface area contributed by atoms with Crippen LogP contribution in [0, 0.1) is 0 Å². The van der Waals surface area contributed by atoms with E-state index in [4.69, 9.17) is 4.74 Å². The van der Waals surface area contributed by atoms with Crippen molar-refractivity contribution in [2.45, 2.75) is 19.1 Å². The van der Waals surface area contributed by atoms with Crippen molar-refractivity contribution in [1.29, 1.82) is 0 Å². The van der Waals surface area contributed by atoms with Crippen molar-refractivity contribution in [2.75, 3.05) is 20.1 Å². The summed E-state index contributed by atoms with van der Waals surface area (Å²) in [5, 5.41) is 3.23. The zero-order valence-corrected chi connectivity index (χ0v) is 14.6. The van der Waals surface area contributed by atoms with E-state index in [9.17, 15) is 4.79 Å². The molecule has 0 radical (unpaired) electrons. The first-order chi connectivity index (χ1) is 11.3. The molecule has 1 aliphatic heterocycles. The second-order valence-electron chi connectivity index (χ2n) is 5.82. The Labute approximate surface area is 149 Å². The van der Waals surface area contributed by atoms with Crippen LogP contribution in [0.25, 0.3) is 0 Å². The normalized spacial score (nSPS) is 16.5. The van der Waals surface area contributed by atoms with E-state index in [0.717, 1.165) is 30.8 Å². The second-order valence-corrected chi connectivity index (χ2v) is 5.82. The van der Waals surface area contributed by atoms with Gasteiger partial charge in [0.15, 0.2) is 0 Å². The number of hydrogen-bond acceptors (Lipinski definition) is 3. The maximum Gasteiger partial charge on any atom is 0.253 e. The summed E-state index contributed by atoms with van der Waals surface area (Å²) in [6.07, 6.45) is 1.01. The third-order valence-corrected chi connectivity index (χ3v) is 4.23. The Morgan fingerprint density at radius 3 is 2.50 bits per heavy atom. The van der Waals surface area contributed by atoms with Gasteiger partial charge in [0.25, 0.3) is 5.91 Å². The summed E-state index contributed by atoms with van der Waals surface area (Å²) in [5.74, 6) is 0.872. The summed E-state index contributed by atoms with van der Waals surface area (Å²) in [4.78, 5) is 14.4. The van der Waals surface area contributed by atoms with Crippen molar-refractivity contribution in [3.05, 3.63) is 65.7 Å². The van der Waals surface area contributed by atoms with Crippen molar-refractivity contribution in [3.63, 3.8) is 0 Å². The highest BCUT2D eigenvalue weighted by molar-refractivity contribution is 5.94. The molecule has 0 aromatic heterocycles. The maximum atomic E-state index is 12.5. The summed E-state index contributed by atoms with van der Waals surface area (Å²) in [6.45, 7) is 2.13. The molecule has 2 aromatic carbocycles. The Morgan fingerprint density at radius 1 is 1.17 bits per heavy atom. The number of likely N-dealkylation sites (N-methyl/N-ethyl adjacent to an activating group) is 1. The summed E-state index contributed by atoms with van der Waals surface area (Å²) >= 11 is 0. The molecule has 0 spiro atoms. The highest BCUT2D eigenvalue weighted by Crippen LogP contribution is 2.18. The van der Waals surface area contributed by atoms with Gasteiger partial charge < -0.3 is 15.0 Å². The molecule has 1 N–H and O–H groups in total. The molecule has 24 heavy (non-hydrogen) atoms. The highest BCUT2D eigenvalue weighted by Gasteiger charge is 2.25. The second kappa shape index (κ2) is 8.71. The first-order valence-corrected chi connectivity index (χ1v) is 7.99. The molecule has 2 aromatic rings. The van der Waals surface area contributed by atoms with Gasteiger partial charge in [-0.25, -0.2) is 0 Å². The average Bonchev–Trinajstić information content (AvgIpc) is 3.10. The van der Waals surface area contributed by atoms with Gasteiger partial charge in [0, 0.05) is 24.7 Å². The number of likely N-dealkylation sites (tertiary alicyclic amines) is 1. The molecule has 4 nitrogen and oxygen atoms in total. The standard InChI is InChI=1S/C19H22N2O2.ClH/c1-20-17-11-12-21(13-17)19(22)16-7-9-18(10-8-16)23-14-15-5-3-2-4-6-15;/h2-10,17,20H,11-14H2,1H3;1H. The van der Waals surface area contributed by atoms with E-state index >= 15 is 0 Å². The van der Waals surface area contributed by atoms with Crippen molar-refractivity contribution < 1.29 is 9.53 Å². The molecule has 5 heteroatoms. The Hall–Kier alpha value is -2.04. The van der Waals surface area contributed by atoms with Gasteiger partial charge in [0.05, 0.1) is 0 Å². The Morgan fingerprint density at radius 2 is 1.88 bits per heavy atom. The van der Waals surface area contributed by atoms with Crippen LogP contribution in [0.4, 0.5) is 0 Å². The molecule has 3 rings (SSSR count). The van der Waals surface area contributed by atoms with E-state index in [1.807, 2.05) is 66.5 Å². The fourth-order valence-electron chi connectivity index (χ4n) is 2.80. The zero-order chi connectivity index (χ0) is 16.1. The first kappa shape index (κ1) is 18.3. The molecule has 1 fully saturated rings. The van der Waals surface area contributed by atoms with Crippen LogP contribution in [0.5, 0.6) is 5.75 Å². The number of rotatable bonds is 5. The molecular formula is C19H23ClN2O2. The third-order valence-electron chi connectivity index (χ3n) is 4.23. The quantitative estimate of drug-likeness (QED) is 0.904. The summed E-state index contributed by atoms with van der Waals surface area (Å²) in [7, 11) is 1.94. The molecule has 1 atom stereocenters. The van der Waals surface area contributed by atoms with E-state index in [1.54, 1.807) is 0 Å². The number of halogens is 1. The van der Waals surface area contributed by atoms with Gasteiger partial charge in [-0.1, -0.05) is 30.3 Å². The topological polar surface area (TPSA) is 41.6 Å². The first-order valence-electron chi connectivity index (χ1n) is 7.99. The molecule has 1 amide bonds. The summed E-state index contributed by atoms with van der Waals surface area (Å²) in [6, 6.07) is 17.9. The Kier molecular flexibility index (Phi) is 6.64. The lowest BCUT2D eigenvalue weighted by Gasteiger charge is -2.16. The minimum atomic E-state index is 0. The smallest absolute Gasteiger partial charge is 0.253 e. The molecule has 0 aliphatic carbocycles. The third kappa shape index (κ3) is 4.49. The predicted octanol–water partition coefficient (Wildman–Crippen LogP) is 3.12. The van der Waals surface area contributed by atoms with E-state index in [1.165, 1.54) is 0 Å². The van der Waals surface area contributed by atoms with Gasteiger partial charge in [-0.2, -0.15) is 0 Å². The highest BCUT2D eigenvalue weighted by atomic mass is 35.5. The molecule has 128 valence electrons. The number of nitrogens with one attached hydrogen (secondary N) is 1. The van der Waals surface area contributed by atoms with E-state index in [-0.39, 0.29) is 18.3 Å². The lowest BCUT2D eigenvalue weighted by atomic mass is 10.2. The van der Waals surface area contributed by atoms with Crippen LogP contribution >= 0.6 is 12.4 Å². The van der Waals surface area contributed by atoms with Crippen LogP contribution in [-0.4, -0.2) is 37.0 Å². The van der Waals surface area contributed by atoms with Crippen molar-refractivity contribution in [3.8, 4) is 5.75 Å². The van der Waals surface area contributed by atoms with Crippen LogP contribution in [0.2, 0.25) is 0 Å². The maximum absolute atomic E-state index is 12.5. The van der Waals surface area contributed by atoms with Gasteiger partial charge in [-0.15, -0.1) is 12.4 Å². The monoisotopic (exact) mass is 346 g/mol. The fourth-order valence-corrected chi connectivity index (χ4v) is 2.80. The average molecular weight is 347 g/mol. The number of carbonyl (C=O) groups excluding carboxylic acids is 1. The molecule has 1 heterocycles. The van der Waals surface area contributed by atoms with Crippen molar-refractivity contribution in [1.82, 2.24) is 10.2 Å². The van der Waals surface area contributed by atoms with Crippen LogP contribution in [0.3, 0.4) is 0 Å². The van der Waals surface area contributed by atoms with E-state index < -0.39 is 0 Å². The fraction of sp³-hybridized carbons (Fsp3) is 0.316. The SMILES string of the molecule is CNC1CCN(C(=O)c2ccc(OCc3ccccc3)cc2)C1.Cl. The van der Waals surface area contributed by atoms with Crippen LogP contribution in [-0.2, 0) is 6.61 Å². The Bertz CT molecular complexity index is 646. The number of hydrogen-bond donors (Lipinski definition) is 1. The molecule has 1 saturated heterocycles. The molecule has 1 unspecified atom stereocenters. The molecule has 1 aliphatic rings. The van der Waals surface area contributed by atoms with E-state index in [2.05, 4.69) is 5.32 Å². The van der Waals surface area contributed by atoms with Gasteiger partial charge in [0.1, 0.15) is 12.4 Å².